The summed E-state index contributed by atoms with van der Waals surface area (Å²) in [6.07, 6.45) is 3.33. The van der Waals surface area contributed by atoms with Crippen molar-refractivity contribution in [1.82, 2.24) is 5.32 Å². The van der Waals surface area contributed by atoms with Gasteiger partial charge < -0.3 is 5.32 Å². The Hall–Kier alpha value is -2.39. The smallest absolute Gasteiger partial charge is 0.171 e. The molecule has 3 nitrogen and oxygen atoms in total. The van der Waals surface area contributed by atoms with Gasteiger partial charge in [-0.15, -0.1) is 0 Å². The van der Waals surface area contributed by atoms with Crippen molar-refractivity contribution >= 4 is 11.9 Å². The Kier molecular flexibility index (Phi) is 3.12. The molecule has 0 aliphatic carbocycles. The van der Waals surface area contributed by atoms with Crippen molar-refractivity contribution in [3.8, 4) is 11.1 Å². The first-order valence-electron chi connectivity index (χ1n) is 6.25. The van der Waals surface area contributed by atoms with Crippen LogP contribution in [0.25, 0.3) is 16.8 Å². The molecule has 19 heavy (non-hydrogen) atoms. The van der Waals surface area contributed by atoms with E-state index in [2.05, 4.69) is 34.6 Å². The standard InChI is InChI=1S/C16H15N3/c17-16-18-11-10-15(19-16)14-9-5-4-8-13(14)12-6-2-1-3-7-12/h1-11,16,19H,17H2. The SMILES string of the molecule is NC1N=CC=C(c2ccccc2-c2ccccc2)N1. The zero-order valence-electron chi connectivity index (χ0n) is 10.5. The van der Waals surface area contributed by atoms with Gasteiger partial charge in [0.1, 0.15) is 0 Å². The molecule has 3 heteroatoms. The average Bonchev–Trinajstić information content (AvgIpc) is 2.48. The van der Waals surface area contributed by atoms with E-state index in [0.717, 1.165) is 11.3 Å². The summed E-state index contributed by atoms with van der Waals surface area (Å²) in [5.74, 6) is 0. The van der Waals surface area contributed by atoms with Gasteiger partial charge in [-0.1, -0.05) is 54.6 Å². The largest absolute Gasteiger partial charge is 0.351 e. The highest BCUT2D eigenvalue weighted by molar-refractivity contribution is 5.90. The van der Waals surface area contributed by atoms with Crippen molar-refractivity contribution in [2.75, 3.05) is 0 Å². The van der Waals surface area contributed by atoms with Gasteiger partial charge in [-0.05, 0) is 17.2 Å². The molecule has 1 unspecified atom stereocenters. The summed E-state index contributed by atoms with van der Waals surface area (Å²) in [5, 5.41) is 3.18. The maximum atomic E-state index is 5.80. The fourth-order valence-electron chi connectivity index (χ4n) is 2.21. The van der Waals surface area contributed by atoms with Crippen LogP contribution in [0.4, 0.5) is 0 Å². The highest BCUT2D eigenvalue weighted by Crippen LogP contribution is 2.28. The van der Waals surface area contributed by atoms with Crippen LogP contribution in [-0.2, 0) is 0 Å². The van der Waals surface area contributed by atoms with Gasteiger partial charge in [0.2, 0.25) is 0 Å². The van der Waals surface area contributed by atoms with Crippen LogP contribution in [0.15, 0.2) is 65.7 Å². The zero-order valence-corrected chi connectivity index (χ0v) is 10.5. The monoisotopic (exact) mass is 249 g/mol. The quantitative estimate of drug-likeness (QED) is 0.859. The molecule has 0 amide bonds. The molecule has 0 fully saturated rings. The van der Waals surface area contributed by atoms with E-state index in [4.69, 9.17) is 5.73 Å². The van der Waals surface area contributed by atoms with E-state index in [0.29, 0.717) is 0 Å². The Bertz CT molecular complexity index is 629. The molecule has 2 aromatic carbocycles. The molecule has 1 aliphatic heterocycles. The number of nitrogens with two attached hydrogens (primary N) is 1. The minimum atomic E-state index is -0.371. The molecule has 94 valence electrons. The number of hydrogen-bond donors (Lipinski definition) is 2. The molecule has 1 heterocycles. The topological polar surface area (TPSA) is 50.4 Å². The van der Waals surface area contributed by atoms with Gasteiger partial charge in [0.15, 0.2) is 6.29 Å². The molecular weight excluding hydrogens is 234 g/mol. The Balaban J connectivity index is 2.08. The van der Waals surface area contributed by atoms with Gasteiger partial charge in [-0.3, -0.25) is 10.7 Å². The molecule has 2 aromatic rings. The zero-order chi connectivity index (χ0) is 13.1. The number of benzene rings is 2. The van der Waals surface area contributed by atoms with Gasteiger partial charge in [0, 0.05) is 17.5 Å². The summed E-state index contributed by atoms with van der Waals surface area (Å²) in [6, 6.07) is 18.6. The van der Waals surface area contributed by atoms with E-state index in [1.54, 1.807) is 6.21 Å². The van der Waals surface area contributed by atoms with Crippen molar-refractivity contribution < 1.29 is 0 Å². The number of rotatable bonds is 2. The molecule has 1 aliphatic rings. The molecule has 1 atom stereocenters. The second-order valence-electron chi connectivity index (χ2n) is 4.38. The van der Waals surface area contributed by atoms with E-state index in [-0.39, 0.29) is 6.29 Å². The van der Waals surface area contributed by atoms with Crippen LogP contribution >= 0.6 is 0 Å². The third kappa shape index (κ3) is 2.41. The molecule has 0 bridgehead atoms. The summed E-state index contributed by atoms with van der Waals surface area (Å²) in [6.45, 7) is 0. The highest BCUT2D eigenvalue weighted by atomic mass is 15.2. The van der Waals surface area contributed by atoms with E-state index in [1.165, 1.54) is 11.1 Å². The fraction of sp³-hybridized carbons (Fsp3) is 0.0625. The van der Waals surface area contributed by atoms with Gasteiger partial charge in [-0.2, -0.15) is 0 Å². The second kappa shape index (κ2) is 5.08. The first kappa shape index (κ1) is 11.7. The minimum Gasteiger partial charge on any atom is -0.351 e. The predicted octanol–water partition coefficient (Wildman–Crippen LogP) is 2.61. The van der Waals surface area contributed by atoms with Crippen LogP contribution in [-0.4, -0.2) is 12.5 Å². The fourth-order valence-corrected chi connectivity index (χ4v) is 2.21. The first-order chi connectivity index (χ1) is 9.34. The van der Waals surface area contributed by atoms with E-state index >= 15 is 0 Å². The third-order valence-corrected chi connectivity index (χ3v) is 3.09. The molecule has 0 spiro atoms. The lowest BCUT2D eigenvalue weighted by atomic mass is 9.97. The number of allylic oxidation sites excluding steroid dienone is 1. The van der Waals surface area contributed by atoms with Crippen LogP contribution in [0.3, 0.4) is 0 Å². The van der Waals surface area contributed by atoms with Crippen LogP contribution in [0, 0.1) is 0 Å². The summed E-state index contributed by atoms with van der Waals surface area (Å²) in [4.78, 5) is 4.07. The van der Waals surface area contributed by atoms with Crippen molar-refractivity contribution in [3.63, 3.8) is 0 Å². The maximum Gasteiger partial charge on any atom is 0.171 e. The van der Waals surface area contributed by atoms with Crippen molar-refractivity contribution in [3.05, 3.63) is 66.2 Å². The van der Waals surface area contributed by atoms with Crippen molar-refractivity contribution in [1.29, 1.82) is 0 Å². The minimum absolute atomic E-state index is 0.371. The van der Waals surface area contributed by atoms with Gasteiger partial charge >= 0.3 is 0 Å². The summed E-state index contributed by atoms with van der Waals surface area (Å²) in [5.41, 5.74) is 10.3. The first-order valence-corrected chi connectivity index (χ1v) is 6.25. The summed E-state index contributed by atoms with van der Waals surface area (Å²) in [7, 11) is 0. The molecule has 3 rings (SSSR count). The number of hydrogen-bond acceptors (Lipinski definition) is 3. The Labute approximate surface area is 112 Å². The normalized spacial score (nSPS) is 17.7. The van der Waals surface area contributed by atoms with E-state index in [1.807, 2.05) is 36.4 Å². The van der Waals surface area contributed by atoms with Gasteiger partial charge in [-0.25, -0.2) is 0 Å². The lowest BCUT2D eigenvalue weighted by molar-refractivity contribution is 0.652. The Morgan fingerprint density at radius 3 is 2.32 bits per heavy atom. The molecular formula is C16H15N3. The molecule has 3 N–H and O–H groups in total. The van der Waals surface area contributed by atoms with Gasteiger partial charge in [0.05, 0.1) is 0 Å². The summed E-state index contributed by atoms with van der Waals surface area (Å²) < 4.78 is 0. The second-order valence-corrected chi connectivity index (χ2v) is 4.38. The number of nitrogens with one attached hydrogen (secondary N) is 1. The van der Waals surface area contributed by atoms with Gasteiger partial charge in [0.25, 0.3) is 0 Å². The van der Waals surface area contributed by atoms with Crippen LogP contribution in [0.2, 0.25) is 0 Å². The molecule has 0 radical (unpaired) electrons. The lowest BCUT2D eigenvalue weighted by Crippen LogP contribution is -2.36. The van der Waals surface area contributed by atoms with Crippen molar-refractivity contribution in [2.45, 2.75) is 6.29 Å². The lowest BCUT2D eigenvalue weighted by Gasteiger charge is -2.20. The third-order valence-electron chi connectivity index (χ3n) is 3.09. The average molecular weight is 249 g/mol. The Morgan fingerprint density at radius 1 is 0.895 bits per heavy atom. The van der Waals surface area contributed by atoms with Crippen LogP contribution in [0.5, 0.6) is 0 Å². The predicted molar refractivity (Wildman–Crippen MR) is 79.5 cm³/mol. The number of aliphatic imine (C=N–C) groups is 1. The molecule has 0 saturated heterocycles. The number of nitrogens with zero attached hydrogens (tertiary/aromatic N) is 1. The van der Waals surface area contributed by atoms with Crippen molar-refractivity contribution in [2.24, 2.45) is 10.7 Å². The Morgan fingerprint density at radius 2 is 1.58 bits per heavy atom. The molecule has 0 aromatic heterocycles. The molecule has 0 saturated carbocycles. The van der Waals surface area contributed by atoms with Crippen LogP contribution in [0.1, 0.15) is 5.56 Å². The maximum absolute atomic E-state index is 5.80. The van der Waals surface area contributed by atoms with E-state index < -0.39 is 0 Å². The van der Waals surface area contributed by atoms with E-state index in [9.17, 15) is 0 Å². The highest BCUT2D eigenvalue weighted by Gasteiger charge is 2.12. The summed E-state index contributed by atoms with van der Waals surface area (Å²) >= 11 is 0. The van der Waals surface area contributed by atoms with Crippen LogP contribution < -0.4 is 11.1 Å².